The molecule has 2 aromatic rings. The summed E-state index contributed by atoms with van der Waals surface area (Å²) in [7, 11) is 1.52. The number of nitrogens with zero attached hydrogens (tertiary/aromatic N) is 1. The third kappa shape index (κ3) is 3.69. The van der Waals surface area contributed by atoms with Crippen LogP contribution >= 0.6 is 0 Å². The number of benzene rings is 1. The van der Waals surface area contributed by atoms with Crippen molar-refractivity contribution >= 4 is 0 Å². The molecule has 0 radical (unpaired) electrons. The highest BCUT2D eigenvalue weighted by atomic mass is 19.4. The maximum atomic E-state index is 13.8. The highest BCUT2D eigenvalue weighted by molar-refractivity contribution is 5.41. The van der Waals surface area contributed by atoms with Crippen molar-refractivity contribution in [2.45, 2.75) is 12.4 Å². The first-order valence-electron chi connectivity index (χ1n) is 6.03. The van der Waals surface area contributed by atoms with E-state index >= 15 is 0 Å². The Hall–Kier alpha value is -2.15. The monoisotopic (exact) mass is 300 g/mol. The number of halogens is 4. The standard InChI is InChI=1S/C14H12F4N2O/c1-19-13(9-6-7-20-8-11(9)15)10-4-2-3-5-12(10)21-14(16,17)18/h2-8,13,19H,1H3. The van der Waals surface area contributed by atoms with Gasteiger partial charge in [-0.25, -0.2) is 4.39 Å². The van der Waals surface area contributed by atoms with E-state index in [9.17, 15) is 17.6 Å². The van der Waals surface area contributed by atoms with Gasteiger partial charge >= 0.3 is 6.36 Å². The van der Waals surface area contributed by atoms with Gasteiger partial charge in [0.2, 0.25) is 0 Å². The van der Waals surface area contributed by atoms with Gasteiger partial charge in [-0.2, -0.15) is 0 Å². The van der Waals surface area contributed by atoms with E-state index in [1.54, 1.807) is 6.07 Å². The Balaban J connectivity index is 2.46. The fourth-order valence-corrected chi connectivity index (χ4v) is 2.04. The predicted molar refractivity (Wildman–Crippen MR) is 68.2 cm³/mol. The van der Waals surface area contributed by atoms with E-state index in [2.05, 4.69) is 15.0 Å². The predicted octanol–water partition coefficient (Wildman–Crippen LogP) is 3.43. The van der Waals surface area contributed by atoms with Crippen molar-refractivity contribution in [1.82, 2.24) is 10.3 Å². The molecule has 0 bridgehead atoms. The molecule has 0 fully saturated rings. The van der Waals surface area contributed by atoms with Crippen molar-refractivity contribution in [3.05, 3.63) is 59.7 Å². The molecule has 21 heavy (non-hydrogen) atoms. The number of para-hydroxylation sites is 1. The zero-order valence-corrected chi connectivity index (χ0v) is 11.0. The minimum atomic E-state index is -4.81. The number of rotatable bonds is 4. The molecule has 1 N–H and O–H groups in total. The number of nitrogens with one attached hydrogen (secondary N) is 1. The summed E-state index contributed by atoms with van der Waals surface area (Å²) in [5.41, 5.74) is 0.369. The van der Waals surface area contributed by atoms with E-state index in [-0.39, 0.29) is 16.9 Å². The largest absolute Gasteiger partial charge is 0.573 e. The molecule has 0 aliphatic heterocycles. The summed E-state index contributed by atoms with van der Waals surface area (Å²) < 4.78 is 55.1. The molecule has 0 amide bonds. The van der Waals surface area contributed by atoms with Gasteiger partial charge in [0.1, 0.15) is 11.6 Å². The van der Waals surface area contributed by atoms with Crippen LogP contribution in [0.25, 0.3) is 0 Å². The Morgan fingerprint density at radius 3 is 2.48 bits per heavy atom. The average molecular weight is 300 g/mol. The van der Waals surface area contributed by atoms with Crippen molar-refractivity contribution in [2.24, 2.45) is 0 Å². The zero-order valence-electron chi connectivity index (χ0n) is 11.0. The molecular formula is C14H12F4N2O. The molecule has 2 rings (SSSR count). The summed E-state index contributed by atoms with van der Waals surface area (Å²) in [6, 6.07) is 6.23. The van der Waals surface area contributed by atoms with Crippen LogP contribution in [0.3, 0.4) is 0 Å². The number of alkyl halides is 3. The first-order valence-corrected chi connectivity index (χ1v) is 6.03. The molecular weight excluding hydrogens is 288 g/mol. The Morgan fingerprint density at radius 1 is 1.14 bits per heavy atom. The molecule has 1 heterocycles. The van der Waals surface area contributed by atoms with Crippen LogP contribution in [0, 0.1) is 5.82 Å². The second kappa shape index (κ2) is 6.09. The first kappa shape index (κ1) is 15.2. The lowest BCUT2D eigenvalue weighted by atomic mass is 9.98. The minimum absolute atomic E-state index is 0.183. The van der Waals surface area contributed by atoms with Crippen LogP contribution in [0.1, 0.15) is 17.2 Å². The molecule has 1 aromatic heterocycles. The van der Waals surface area contributed by atoms with Gasteiger partial charge in [-0.3, -0.25) is 4.98 Å². The van der Waals surface area contributed by atoms with Gasteiger partial charge in [0.05, 0.1) is 12.2 Å². The fourth-order valence-electron chi connectivity index (χ4n) is 2.04. The number of aromatic nitrogens is 1. The van der Waals surface area contributed by atoms with Crippen LogP contribution in [0.4, 0.5) is 17.6 Å². The molecule has 112 valence electrons. The Kier molecular flexibility index (Phi) is 4.42. The lowest BCUT2D eigenvalue weighted by Gasteiger charge is -2.21. The van der Waals surface area contributed by atoms with E-state index in [0.717, 1.165) is 6.20 Å². The lowest BCUT2D eigenvalue weighted by Crippen LogP contribution is -2.23. The number of hydrogen-bond donors (Lipinski definition) is 1. The fraction of sp³-hybridized carbons (Fsp3) is 0.214. The summed E-state index contributed by atoms with van der Waals surface area (Å²) in [6.45, 7) is 0. The van der Waals surface area contributed by atoms with E-state index in [1.165, 1.54) is 37.5 Å². The smallest absolute Gasteiger partial charge is 0.405 e. The summed E-state index contributed by atoms with van der Waals surface area (Å²) in [6.07, 6.45) is -2.44. The number of hydrogen-bond acceptors (Lipinski definition) is 3. The second-order valence-electron chi connectivity index (χ2n) is 4.20. The summed E-state index contributed by atoms with van der Waals surface area (Å²) in [5.74, 6) is -0.987. The van der Waals surface area contributed by atoms with E-state index < -0.39 is 18.2 Å². The van der Waals surface area contributed by atoms with Crippen molar-refractivity contribution < 1.29 is 22.3 Å². The minimum Gasteiger partial charge on any atom is -0.405 e. The Bertz CT molecular complexity index is 616. The molecule has 0 aliphatic carbocycles. The molecule has 3 nitrogen and oxygen atoms in total. The topological polar surface area (TPSA) is 34.2 Å². The van der Waals surface area contributed by atoms with Crippen molar-refractivity contribution in [2.75, 3.05) is 7.05 Å². The summed E-state index contributed by atoms with van der Waals surface area (Å²) >= 11 is 0. The van der Waals surface area contributed by atoms with Gasteiger partial charge < -0.3 is 10.1 Å². The lowest BCUT2D eigenvalue weighted by molar-refractivity contribution is -0.275. The van der Waals surface area contributed by atoms with Crippen LogP contribution < -0.4 is 10.1 Å². The van der Waals surface area contributed by atoms with Crippen LogP contribution in [-0.4, -0.2) is 18.4 Å². The molecule has 0 aliphatic rings. The van der Waals surface area contributed by atoms with Gasteiger partial charge in [0, 0.05) is 17.3 Å². The molecule has 1 unspecified atom stereocenters. The molecule has 1 atom stereocenters. The van der Waals surface area contributed by atoms with E-state index in [1.807, 2.05) is 0 Å². The molecule has 0 saturated carbocycles. The first-order chi connectivity index (χ1) is 9.92. The van der Waals surface area contributed by atoms with Crippen molar-refractivity contribution in [3.63, 3.8) is 0 Å². The molecule has 1 aromatic carbocycles. The SMILES string of the molecule is CNC(c1ccncc1F)c1ccccc1OC(F)(F)F. The van der Waals surface area contributed by atoms with Crippen LogP contribution in [0.5, 0.6) is 5.75 Å². The third-order valence-corrected chi connectivity index (χ3v) is 2.86. The van der Waals surface area contributed by atoms with Crippen LogP contribution in [-0.2, 0) is 0 Å². The van der Waals surface area contributed by atoms with Crippen LogP contribution in [0.2, 0.25) is 0 Å². The van der Waals surface area contributed by atoms with Gasteiger partial charge in [-0.15, -0.1) is 13.2 Å². The van der Waals surface area contributed by atoms with Gasteiger partial charge in [0.15, 0.2) is 0 Å². The van der Waals surface area contributed by atoms with Crippen molar-refractivity contribution in [3.8, 4) is 5.75 Å². The quantitative estimate of drug-likeness (QED) is 0.878. The molecule has 0 spiro atoms. The average Bonchev–Trinajstić information content (AvgIpc) is 2.42. The van der Waals surface area contributed by atoms with Crippen LogP contribution in [0.15, 0.2) is 42.7 Å². The zero-order chi connectivity index (χ0) is 15.5. The van der Waals surface area contributed by atoms with E-state index in [0.29, 0.717) is 0 Å². The molecule has 7 heteroatoms. The molecule has 0 saturated heterocycles. The second-order valence-corrected chi connectivity index (χ2v) is 4.20. The third-order valence-electron chi connectivity index (χ3n) is 2.86. The Labute approximate surface area is 118 Å². The Morgan fingerprint density at radius 2 is 1.86 bits per heavy atom. The highest BCUT2D eigenvalue weighted by Gasteiger charge is 2.33. The number of ether oxygens (including phenoxy) is 1. The van der Waals surface area contributed by atoms with Crippen molar-refractivity contribution in [1.29, 1.82) is 0 Å². The maximum absolute atomic E-state index is 13.8. The normalized spacial score (nSPS) is 13.0. The van der Waals surface area contributed by atoms with E-state index in [4.69, 9.17) is 0 Å². The maximum Gasteiger partial charge on any atom is 0.573 e. The van der Waals surface area contributed by atoms with Gasteiger partial charge in [0.25, 0.3) is 0 Å². The van der Waals surface area contributed by atoms with Gasteiger partial charge in [-0.05, 0) is 19.2 Å². The highest BCUT2D eigenvalue weighted by Crippen LogP contribution is 2.33. The summed E-state index contributed by atoms with van der Waals surface area (Å²) in [5, 5.41) is 2.79. The van der Waals surface area contributed by atoms with Gasteiger partial charge in [-0.1, -0.05) is 18.2 Å². The number of pyridine rings is 1. The summed E-state index contributed by atoms with van der Waals surface area (Å²) in [4.78, 5) is 3.62.